The van der Waals surface area contributed by atoms with Crippen molar-refractivity contribution in [3.8, 4) is 11.3 Å². The summed E-state index contributed by atoms with van der Waals surface area (Å²) in [6, 6.07) is 10.1. The quantitative estimate of drug-likeness (QED) is 0.844. The van der Waals surface area contributed by atoms with Gasteiger partial charge in [-0.3, -0.25) is 0 Å². The minimum absolute atomic E-state index is 0.0163. The molecule has 0 aliphatic rings. The van der Waals surface area contributed by atoms with Crippen LogP contribution in [-0.4, -0.2) is 16.1 Å². The molecule has 3 nitrogen and oxygen atoms in total. The molecule has 0 aliphatic heterocycles. The Morgan fingerprint density at radius 3 is 2.53 bits per heavy atom. The summed E-state index contributed by atoms with van der Waals surface area (Å²) in [5, 5.41) is 9.38. The lowest BCUT2D eigenvalue weighted by molar-refractivity contribution is 0.0696. The van der Waals surface area contributed by atoms with Crippen molar-refractivity contribution in [2.45, 2.75) is 0 Å². The average molecular weight is 268 g/mol. The van der Waals surface area contributed by atoms with Gasteiger partial charge in [-0.15, -0.1) is 0 Å². The van der Waals surface area contributed by atoms with Gasteiger partial charge in [-0.25, -0.2) is 9.78 Å². The van der Waals surface area contributed by atoms with Gasteiger partial charge in [0.15, 0.2) is 0 Å². The Labute approximate surface area is 108 Å². The van der Waals surface area contributed by atoms with E-state index in [2.05, 4.69) is 4.98 Å². The Morgan fingerprint density at radius 2 is 1.94 bits per heavy atom. The Bertz CT molecular complexity index is 584. The van der Waals surface area contributed by atoms with E-state index in [4.69, 9.17) is 28.3 Å². The SMILES string of the molecule is O=C(O)c1ccc(-c2cccc(Cl)c2)nc1Cl. The molecule has 0 saturated carbocycles. The van der Waals surface area contributed by atoms with Gasteiger partial charge in [0.2, 0.25) is 0 Å². The fourth-order valence-corrected chi connectivity index (χ4v) is 1.83. The third-order valence-electron chi connectivity index (χ3n) is 2.20. The van der Waals surface area contributed by atoms with Crippen LogP contribution in [0.2, 0.25) is 10.2 Å². The summed E-state index contributed by atoms with van der Waals surface area (Å²) in [7, 11) is 0. The number of aromatic nitrogens is 1. The Hall–Kier alpha value is -1.58. The summed E-state index contributed by atoms with van der Waals surface area (Å²) in [4.78, 5) is 14.8. The van der Waals surface area contributed by atoms with Crippen LogP contribution < -0.4 is 0 Å². The molecule has 0 unspecified atom stereocenters. The van der Waals surface area contributed by atoms with Gasteiger partial charge in [0.1, 0.15) is 5.15 Å². The van der Waals surface area contributed by atoms with Crippen molar-refractivity contribution in [2.75, 3.05) is 0 Å². The maximum absolute atomic E-state index is 10.8. The number of hydrogen-bond donors (Lipinski definition) is 1. The second-order valence-corrected chi connectivity index (χ2v) is 4.14. The van der Waals surface area contributed by atoms with Crippen LogP contribution in [0.25, 0.3) is 11.3 Å². The molecule has 1 aromatic heterocycles. The second-order valence-electron chi connectivity index (χ2n) is 3.35. The van der Waals surface area contributed by atoms with Gasteiger partial charge >= 0.3 is 5.97 Å². The fraction of sp³-hybridized carbons (Fsp3) is 0. The van der Waals surface area contributed by atoms with E-state index in [9.17, 15) is 4.79 Å². The van der Waals surface area contributed by atoms with Crippen molar-refractivity contribution in [1.29, 1.82) is 0 Å². The average Bonchev–Trinajstić information content (AvgIpc) is 2.28. The zero-order valence-electron chi connectivity index (χ0n) is 8.52. The molecule has 1 N–H and O–H groups in total. The maximum atomic E-state index is 10.8. The lowest BCUT2D eigenvalue weighted by atomic mass is 10.1. The minimum atomic E-state index is -1.10. The molecule has 0 amide bonds. The standard InChI is InChI=1S/C12H7Cl2NO2/c13-8-3-1-2-7(6-8)10-5-4-9(12(16)17)11(14)15-10/h1-6H,(H,16,17). The number of carbonyl (C=O) groups is 1. The van der Waals surface area contributed by atoms with E-state index in [1.165, 1.54) is 6.07 Å². The molecule has 1 aromatic carbocycles. The highest BCUT2D eigenvalue weighted by Gasteiger charge is 2.11. The van der Waals surface area contributed by atoms with Gasteiger partial charge in [-0.1, -0.05) is 35.3 Å². The number of nitrogens with zero attached hydrogens (tertiary/aromatic N) is 1. The first kappa shape index (κ1) is 11.9. The summed E-state index contributed by atoms with van der Waals surface area (Å²) in [6.07, 6.45) is 0. The third-order valence-corrected chi connectivity index (χ3v) is 2.72. The summed E-state index contributed by atoms with van der Waals surface area (Å²) in [5.74, 6) is -1.10. The normalized spacial score (nSPS) is 10.2. The van der Waals surface area contributed by atoms with Crippen molar-refractivity contribution < 1.29 is 9.90 Å². The smallest absolute Gasteiger partial charge is 0.338 e. The highest BCUT2D eigenvalue weighted by Crippen LogP contribution is 2.24. The number of benzene rings is 1. The predicted octanol–water partition coefficient (Wildman–Crippen LogP) is 3.75. The summed E-state index contributed by atoms with van der Waals surface area (Å²) >= 11 is 11.7. The second kappa shape index (κ2) is 4.73. The molecule has 1 heterocycles. The molecule has 2 aromatic rings. The number of aromatic carboxylic acids is 1. The number of rotatable bonds is 2. The number of halogens is 2. The van der Waals surface area contributed by atoms with Crippen LogP contribution >= 0.6 is 23.2 Å². The molecule has 86 valence electrons. The largest absolute Gasteiger partial charge is 0.478 e. The molecule has 0 bridgehead atoms. The third kappa shape index (κ3) is 2.57. The number of carboxylic acid groups (broad SMARTS) is 1. The van der Waals surface area contributed by atoms with Crippen molar-refractivity contribution in [2.24, 2.45) is 0 Å². The fourth-order valence-electron chi connectivity index (χ4n) is 1.40. The first-order chi connectivity index (χ1) is 8.08. The monoisotopic (exact) mass is 267 g/mol. The van der Waals surface area contributed by atoms with E-state index in [-0.39, 0.29) is 10.7 Å². The van der Waals surface area contributed by atoms with E-state index in [1.807, 2.05) is 6.07 Å². The lowest BCUT2D eigenvalue weighted by Crippen LogP contribution is -1.99. The molecule has 5 heteroatoms. The van der Waals surface area contributed by atoms with Gasteiger partial charge in [0.05, 0.1) is 11.3 Å². The first-order valence-electron chi connectivity index (χ1n) is 4.73. The summed E-state index contributed by atoms with van der Waals surface area (Å²) < 4.78 is 0. The van der Waals surface area contributed by atoms with Crippen molar-refractivity contribution in [3.05, 3.63) is 52.1 Å². The van der Waals surface area contributed by atoms with E-state index in [1.54, 1.807) is 24.3 Å². The Balaban J connectivity index is 2.48. The van der Waals surface area contributed by atoms with Crippen LogP contribution in [0.4, 0.5) is 0 Å². The highest BCUT2D eigenvalue weighted by atomic mass is 35.5. The Morgan fingerprint density at radius 1 is 1.18 bits per heavy atom. The number of pyridine rings is 1. The lowest BCUT2D eigenvalue weighted by Gasteiger charge is -2.03. The molecule has 0 radical (unpaired) electrons. The van der Waals surface area contributed by atoms with Crippen LogP contribution in [0.3, 0.4) is 0 Å². The van der Waals surface area contributed by atoms with E-state index in [0.29, 0.717) is 10.7 Å². The molecule has 17 heavy (non-hydrogen) atoms. The molecular weight excluding hydrogens is 261 g/mol. The van der Waals surface area contributed by atoms with Gasteiger partial charge in [-0.05, 0) is 24.3 Å². The molecule has 0 saturated heterocycles. The van der Waals surface area contributed by atoms with Crippen LogP contribution in [-0.2, 0) is 0 Å². The van der Waals surface area contributed by atoms with Crippen molar-refractivity contribution in [1.82, 2.24) is 4.98 Å². The van der Waals surface area contributed by atoms with Gasteiger partial charge in [-0.2, -0.15) is 0 Å². The van der Waals surface area contributed by atoms with Crippen molar-refractivity contribution >= 4 is 29.2 Å². The molecule has 0 spiro atoms. The van der Waals surface area contributed by atoms with E-state index >= 15 is 0 Å². The molecule has 0 aliphatic carbocycles. The maximum Gasteiger partial charge on any atom is 0.338 e. The van der Waals surface area contributed by atoms with Crippen LogP contribution in [0.1, 0.15) is 10.4 Å². The summed E-state index contributed by atoms with van der Waals surface area (Å²) in [6.45, 7) is 0. The molecule has 0 fully saturated rings. The van der Waals surface area contributed by atoms with E-state index in [0.717, 1.165) is 5.56 Å². The Kier molecular flexibility index (Phi) is 3.31. The molecule has 2 rings (SSSR count). The summed E-state index contributed by atoms with van der Waals surface area (Å²) in [5.41, 5.74) is 1.36. The van der Waals surface area contributed by atoms with Crippen molar-refractivity contribution in [3.63, 3.8) is 0 Å². The van der Waals surface area contributed by atoms with Crippen LogP contribution in [0.5, 0.6) is 0 Å². The number of carboxylic acids is 1. The van der Waals surface area contributed by atoms with Gasteiger partial charge in [0, 0.05) is 10.6 Å². The first-order valence-corrected chi connectivity index (χ1v) is 5.49. The predicted molar refractivity (Wildman–Crippen MR) is 66.7 cm³/mol. The van der Waals surface area contributed by atoms with Gasteiger partial charge in [0.25, 0.3) is 0 Å². The van der Waals surface area contributed by atoms with E-state index < -0.39 is 5.97 Å². The molecule has 0 atom stereocenters. The zero-order valence-corrected chi connectivity index (χ0v) is 10.0. The van der Waals surface area contributed by atoms with Gasteiger partial charge < -0.3 is 5.11 Å². The topological polar surface area (TPSA) is 50.2 Å². The highest BCUT2D eigenvalue weighted by molar-refractivity contribution is 6.32. The minimum Gasteiger partial charge on any atom is -0.478 e. The van der Waals surface area contributed by atoms with Crippen LogP contribution in [0, 0.1) is 0 Å². The number of hydrogen-bond acceptors (Lipinski definition) is 2. The zero-order chi connectivity index (χ0) is 12.4. The molecular formula is C12H7Cl2NO2. The van der Waals surface area contributed by atoms with Crippen LogP contribution in [0.15, 0.2) is 36.4 Å².